The number of benzene rings is 2. The molecule has 0 aliphatic carbocycles. The highest BCUT2D eigenvalue weighted by molar-refractivity contribution is 6.04. The van der Waals surface area contributed by atoms with Gasteiger partial charge in [-0.25, -0.2) is 0 Å². The summed E-state index contributed by atoms with van der Waals surface area (Å²) in [6, 6.07) is 13.8. The fourth-order valence-corrected chi connectivity index (χ4v) is 3.04. The van der Waals surface area contributed by atoms with Crippen LogP contribution in [0.25, 0.3) is 0 Å². The number of nitro groups is 1. The summed E-state index contributed by atoms with van der Waals surface area (Å²) in [6.45, 7) is 2.01. The lowest BCUT2D eigenvalue weighted by Gasteiger charge is -2.33. The molecule has 0 fully saturated rings. The van der Waals surface area contributed by atoms with Crippen molar-refractivity contribution in [1.82, 2.24) is 5.32 Å². The molecule has 8 heteroatoms. The second-order valence-corrected chi connectivity index (χ2v) is 6.43. The van der Waals surface area contributed by atoms with Gasteiger partial charge in [0.1, 0.15) is 12.3 Å². The van der Waals surface area contributed by atoms with E-state index in [4.69, 9.17) is 4.74 Å². The minimum Gasteiger partial charge on any atom is -0.478 e. The summed E-state index contributed by atoms with van der Waals surface area (Å²) >= 11 is 0. The lowest BCUT2D eigenvalue weighted by atomic mass is 10.1. The van der Waals surface area contributed by atoms with Gasteiger partial charge in [0.2, 0.25) is 5.91 Å². The summed E-state index contributed by atoms with van der Waals surface area (Å²) in [5.41, 5.74) is 1.17. The smallest absolute Gasteiger partial charge is 0.271 e. The van der Waals surface area contributed by atoms with Gasteiger partial charge in [-0.1, -0.05) is 37.3 Å². The Bertz CT molecular complexity index is 885. The van der Waals surface area contributed by atoms with E-state index in [9.17, 15) is 19.7 Å². The van der Waals surface area contributed by atoms with Crippen LogP contribution in [0.5, 0.6) is 5.75 Å². The molecule has 1 aliphatic heterocycles. The highest BCUT2D eigenvalue weighted by Crippen LogP contribution is 2.37. The van der Waals surface area contributed by atoms with Gasteiger partial charge in [0.15, 0.2) is 6.10 Å². The first kappa shape index (κ1) is 19.3. The van der Waals surface area contributed by atoms with Crippen LogP contribution in [0.15, 0.2) is 48.5 Å². The Morgan fingerprint density at radius 2 is 2.00 bits per heavy atom. The first-order chi connectivity index (χ1) is 13.5. The summed E-state index contributed by atoms with van der Waals surface area (Å²) in [5.74, 6) is -0.360. The van der Waals surface area contributed by atoms with Crippen LogP contribution in [0.1, 0.15) is 18.9 Å². The maximum Gasteiger partial charge on any atom is 0.271 e. The highest BCUT2D eigenvalue weighted by atomic mass is 16.6. The molecule has 8 nitrogen and oxygen atoms in total. The van der Waals surface area contributed by atoms with E-state index in [0.29, 0.717) is 25.1 Å². The molecule has 28 heavy (non-hydrogen) atoms. The van der Waals surface area contributed by atoms with Crippen molar-refractivity contribution < 1.29 is 19.2 Å². The molecule has 1 unspecified atom stereocenters. The van der Waals surface area contributed by atoms with Crippen LogP contribution in [0.4, 0.5) is 11.4 Å². The summed E-state index contributed by atoms with van der Waals surface area (Å²) in [5, 5.41) is 13.9. The fourth-order valence-electron chi connectivity index (χ4n) is 3.04. The second kappa shape index (κ2) is 8.51. The van der Waals surface area contributed by atoms with Gasteiger partial charge in [-0.3, -0.25) is 24.6 Å². The van der Waals surface area contributed by atoms with Crippen LogP contribution in [0, 0.1) is 10.1 Å². The van der Waals surface area contributed by atoms with Crippen LogP contribution in [-0.2, 0) is 16.0 Å². The Kier molecular flexibility index (Phi) is 5.88. The van der Waals surface area contributed by atoms with E-state index in [1.54, 1.807) is 6.92 Å². The summed E-state index contributed by atoms with van der Waals surface area (Å²) < 4.78 is 5.63. The zero-order valence-electron chi connectivity index (χ0n) is 15.5. The van der Waals surface area contributed by atoms with Crippen molar-refractivity contribution in [3.05, 3.63) is 64.2 Å². The van der Waals surface area contributed by atoms with Crippen LogP contribution in [0.3, 0.4) is 0 Å². The van der Waals surface area contributed by atoms with E-state index < -0.39 is 11.0 Å². The molecule has 0 radical (unpaired) electrons. The number of non-ortho nitro benzene ring substituents is 1. The molecule has 2 aromatic carbocycles. The summed E-state index contributed by atoms with van der Waals surface area (Å²) in [4.78, 5) is 36.9. The van der Waals surface area contributed by atoms with E-state index >= 15 is 0 Å². The van der Waals surface area contributed by atoms with Gasteiger partial charge >= 0.3 is 0 Å². The molecule has 146 valence electrons. The number of fused-ring (bicyclic) bond motifs is 1. The summed E-state index contributed by atoms with van der Waals surface area (Å²) in [7, 11) is 0. The van der Waals surface area contributed by atoms with Crippen molar-refractivity contribution in [2.24, 2.45) is 0 Å². The molecule has 1 heterocycles. The molecule has 1 aliphatic rings. The maximum atomic E-state index is 12.7. The molecule has 1 N–H and O–H groups in total. The maximum absolute atomic E-state index is 12.7. The Labute approximate surface area is 162 Å². The van der Waals surface area contributed by atoms with Crippen molar-refractivity contribution in [2.75, 3.05) is 18.0 Å². The van der Waals surface area contributed by atoms with Crippen molar-refractivity contribution >= 4 is 23.2 Å². The molecule has 0 spiro atoms. The average molecular weight is 383 g/mol. The lowest BCUT2D eigenvalue weighted by molar-refractivity contribution is -0.384. The summed E-state index contributed by atoms with van der Waals surface area (Å²) in [6.07, 6.45) is 0.385. The third-order valence-corrected chi connectivity index (χ3v) is 4.51. The first-order valence-corrected chi connectivity index (χ1v) is 9.06. The third kappa shape index (κ3) is 4.28. The monoisotopic (exact) mass is 383 g/mol. The molecule has 2 amide bonds. The number of rotatable bonds is 7. The van der Waals surface area contributed by atoms with Crippen molar-refractivity contribution in [2.45, 2.75) is 25.9 Å². The largest absolute Gasteiger partial charge is 0.478 e. The third-order valence-electron chi connectivity index (χ3n) is 4.51. The SMILES string of the molecule is CCC1Oc2ccc([N+](=O)[O-])cc2N(CC(=O)NCCc2ccccc2)C1=O. The van der Waals surface area contributed by atoms with E-state index in [1.165, 1.54) is 23.1 Å². The van der Waals surface area contributed by atoms with Gasteiger partial charge in [0, 0.05) is 18.7 Å². The lowest BCUT2D eigenvalue weighted by Crippen LogP contribution is -2.49. The number of hydrogen-bond donors (Lipinski definition) is 1. The number of anilines is 1. The van der Waals surface area contributed by atoms with Crippen molar-refractivity contribution in [3.63, 3.8) is 0 Å². The molecule has 0 aromatic heterocycles. The van der Waals surface area contributed by atoms with Gasteiger partial charge in [-0.2, -0.15) is 0 Å². The number of nitro benzene ring substituents is 1. The van der Waals surface area contributed by atoms with Gasteiger partial charge < -0.3 is 10.1 Å². The standard InChI is InChI=1S/C20H21N3O5/c1-2-17-20(25)22(16-12-15(23(26)27)8-9-18(16)28-17)13-19(24)21-11-10-14-6-4-3-5-7-14/h3-9,12,17H,2,10-11,13H2,1H3,(H,21,24). The zero-order chi connectivity index (χ0) is 20.1. The molecule has 0 bridgehead atoms. The Morgan fingerprint density at radius 1 is 1.25 bits per heavy atom. The number of amides is 2. The second-order valence-electron chi connectivity index (χ2n) is 6.43. The molecular weight excluding hydrogens is 362 g/mol. The number of carbonyl (C=O) groups excluding carboxylic acids is 2. The Balaban J connectivity index is 1.72. The van der Waals surface area contributed by atoms with E-state index in [2.05, 4.69) is 5.32 Å². The number of carbonyl (C=O) groups is 2. The van der Waals surface area contributed by atoms with Crippen LogP contribution >= 0.6 is 0 Å². The predicted octanol–water partition coefficient (Wildman–Crippen LogP) is 2.46. The topological polar surface area (TPSA) is 102 Å². The Hall–Kier alpha value is -3.42. The number of ether oxygens (including phenoxy) is 1. The van der Waals surface area contributed by atoms with Crippen LogP contribution < -0.4 is 15.0 Å². The van der Waals surface area contributed by atoms with Gasteiger partial charge in [-0.05, 0) is 24.5 Å². The Morgan fingerprint density at radius 3 is 2.68 bits per heavy atom. The number of hydrogen-bond acceptors (Lipinski definition) is 5. The normalized spacial score (nSPS) is 15.5. The molecule has 3 rings (SSSR count). The number of nitrogens with zero attached hydrogens (tertiary/aromatic N) is 2. The van der Waals surface area contributed by atoms with Crippen LogP contribution in [-0.4, -0.2) is 35.9 Å². The van der Waals surface area contributed by atoms with E-state index in [-0.39, 0.29) is 29.7 Å². The van der Waals surface area contributed by atoms with Gasteiger partial charge in [0.25, 0.3) is 11.6 Å². The minimum atomic E-state index is -0.717. The predicted molar refractivity (Wildman–Crippen MR) is 103 cm³/mol. The molecular formula is C20H21N3O5. The van der Waals surface area contributed by atoms with Gasteiger partial charge in [-0.15, -0.1) is 0 Å². The minimum absolute atomic E-state index is 0.167. The highest BCUT2D eigenvalue weighted by Gasteiger charge is 2.35. The van der Waals surface area contributed by atoms with Crippen molar-refractivity contribution in [1.29, 1.82) is 0 Å². The van der Waals surface area contributed by atoms with E-state index in [1.807, 2.05) is 30.3 Å². The van der Waals surface area contributed by atoms with Gasteiger partial charge in [0.05, 0.1) is 10.6 Å². The first-order valence-electron chi connectivity index (χ1n) is 9.06. The number of nitrogens with one attached hydrogen (secondary N) is 1. The zero-order valence-corrected chi connectivity index (χ0v) is 15.5. The van der Waals surface area contributed by atoms with Crippen molar-refractivity contribution in [3.8, 4) is 5.75 Å². The molecule has 0 saturated carbocycles. The average Bonchev–Trinajstić information content (AvgIpc) is 2.70. The molecule has 0 saturated heterocycles. The van der Waals surface area contributed by atoms with E-state index in [0.717, 1.165) is 5.56 Å². The molecule has 2 aromatic rings. The molecule has 1 atom stereocenters. The quantitative estimate of drug-likeness (QED) is 0.584. The fraction of sp³-hybridized carbons (Fsp3) is 0.300. The van der Waals surface area contributed by atoms with Crippen LogP contribution in [0.2, 0.25) is 0 Å².